The van der Waals surface area contributed by atoms with Crippen LogP contribution in [-0.4, -0.2) is 27.1 Å². The molecule has 1 amide bonds. The van der Waals surface area contributed by atoms with E-state index in [1.165, 1.54) is 28.6 Å². The quantitative estimate of drug-likeness (QED) is 0.260. The highest BCUT2D eigenvalue weighted by atomic mass is 79.9. The Kier molecular flexibility index (Phi) is 6.40. The lowest BCUT2D eigenvalue weighted by Crippen LogP contribution is -2.39. The summed E-state index contributed by atoms with van der Waals surface area (Å²) in [6.07, 6.45) is 3.67. The van der Waals surface area contributed by atoms with Crippen LogP contribution in [0.2, 0.25) is 0 Å². The average molecular weight is 548 g/mol. The van der Waals surface area contributed by atoms with Crippen LogP contribution in [0.25, 0.3) is 10.8 Å². The summed E-state index contributed by atoms with van der Waals surface area (Å²) in [7, 11) is -3.97. The molecule has 0 bridgehead atoms. The van der Waals surface area contributed by atoms with Gasteiger partial charge in [-0.3, -0.25) is 9.10 Å². The zero-order valence-corrected chi connectivity index (χ0v) is 21.1. The van der Waals surface area contributed by atoms with E-state index in [9.17, 15) is 13.2 Å². The third kappa shape index (κ3) is 4.72. The van der Waals surface area contributed by atoms with E-state index in [2.05, 4.69) is 44.7 Å². The summed E-state index contributed by atoms with van der Waals surface area (Å²) in [6.45, 7) is -0.422. The third-order valence-electron chi connectivity index (χ3n) is 6.02. The highest BCUT2D eigenvalue weighted by molar-refractivity contribution is 9.10. The Bertz CT molecular complexity index is 1540. The van der Waals surface area contributed by atoms with Crippen molar-refractivity contribution in [2.45, 2.75) is 17.7 Å². The molecule has 35 heavy (non-hydrogen) atoms. The van der Waals surface area contributed by atoms with Crippen LogP contribution in [0.5, 0.6) is 0 Å². The van der Waals surface area contributed by atoms with E-state index in [1.54, 1.807) is 48.7 Å². The first-order chi connectivity index (χ1) is 16.9. The number of carbonyl (C=O) groups is 1. The first-order valence-corrected chi connectivity index (χ1v) is 13.4. The van der Waals surface area contributed by atoms with Gasteiger partial charge in [-0.2, -0.15) is 5.10 Å². The van der Waals surface area contributed by atoms with Gasteiger partial charge in [0.05, 0.1) is 16.8 Å². The van der Waals surface area contributed by atoms with Crippen molar-refractivity contribution in [1.29, 1.82) is 0 Å². The molecule has 0 spiro atoms. The first kappa shape index (κ1) is 23.3. The summed E-state index contributed by atoms with van der Waals surface area (Å²) in [5.74, 6) is -0.549. The Morgan fingerprint density at radius 1 is 0.943 bits per heavy atom. The van der Waals surface area contributed by atoms with Gasteiger partial charge in [-0.15, -0.1) is 0 Å². The maximum atomic E-state index is 13.4. The molecule has 0 atom stereocenters. The Morgan fingerprint density at radius 2 is 1.69 bits per heavy atom. The van der Waals surface area contributed by atoms with Crippen LogP contribution in [0.4, 0.5) is 5.69 Å². The van der Waals surface area contributed by atoms with Crippen LogP contribution in [0.3, 0.4) is 0 Å². The van der Waals surface area contributed by atoms with Crippen LogP contribution in [0.15, 0.2) is 99.4 Å². The highest BCUT2D eigenvalue weighted by Crippen LogP contribution is 2.32. The van der Waals surface area contributed by atoms with E-state index in [-0.39, 0.29) is 4.90 Å². The summed E-state index contributed by atoms with van der Waals surface area (Å²) < 4.78 is 28.5. The second-order valence-corrected chi connectivity index (χ2v) is 11.0. The van der Waals surface area contributed by atoms with Crippen molar-refractivity contribution < 1.29 is 13.2 Å². The number of carbonyl (C=O) groups excluding carboxylic acids is 1. The molecule has 0 saturated heterocycles. The number of hydrogen-bond donors (Lipinski definition) is 1. The van der Waals surface area contributed by atoms with Gasteiger partial charge in [-0.1, -0.05) is 70.5 Å². The van der Waals surface area contributed by atoms with E-state index in [1.807, 2.05) is 12.1 Å². The van der Waals surface area contributed by atoms with Gasteiger partial charge in [0.25, 0.3) is 15.9 Å². The molecular weight excluding hydrogens is 526 g/mol. The minimum absolute atomic E-state index is 0.101. The molecule has 0 aliphatic heterocycles. The number of amides is 1. The lowest BCUT2D eigenvalue weighted by atomic mass is 10.0. The van der Waals surface area contributed by atoms with Gasteiger partial charge in [-0.25, -0.2) is 13.8 Å². The second-order valence-electron chi connectivity index (χ2n) is 8.25. The van der Waals surface area contributed by atoms with E-state index in [0.717, 1.165) is 28.1 Å². The molecular formula is C27H22BrN3O3S. The zero-order chi connectivity index (χ0) is 24.4. The minimum Gasteiger partial charge on any atom is -0.271 e. The average Bonchev–Trinajstić information content (AvgIpc) is 3.29. The number of rotatable bonds is 7. The van der Waals surface area contributed by atoms with Crippen molar-refractivity contribution in [2.75, 3.05) is 10.8 Å². The van der Waals surface area contributed by atoms with Gasteiger partial charge < -0.3 is 0 Å². The van der Waals surface area contributed by atoms with Crippen LogP contribution < -0.4 is 9.73 Å². The summed E-state index contributed by atoms with van der Waals surface area (Å²) in [5.41, 5.74) is 6.41. The van der Waals surface area contributed by atoms with E-state index >= 15 is 0 Å². The van der Waals surface area contributed by atoms with Crippen LogP contribution in [0.1, 0.15) is 16.7 Å². The topological polar surface area (TPSA) is 78.8 Å². The molecule has 176 valence electrons. The van der Waals surface area contributed by atoms with Crippen molar-refractivity contribution in [3.63, 3.8) is 0 Å². The number of anilines is 1. The summed E-state index contributed by atoms with van der Waals surface area (Å²) in [4.78, 5) is 12.9. The monoisotopic (exact) mass is 547 g/mol. The molecule has 1 aliphatic rings. The number of aryl methyl sites for hydroxylation is 2. The normalized spacial score (nSPS) is 12.8. The van der Waals surface area contributed by atoms with Crippen molar-refractivity contribution in [3.05, 3.63) is 106 Å². The van der Waals surface area contributed by atoms with Crippen molar-refractivity contribution >= 4 is 54.5 Å². The number of nitrogens with zero attached hydrogens (tertiary/aromatic N) is 2. The molecule has 6 nitrogen and oxygen atoms in total. The molecule has 1 N–H and O–H groups in total. The highest BCUT2D eigenvalue weighted by Gasteiger charge is 2.27. The predicted molar refractivity (Wildman–Crippen MR) is 142 cm³/mol. The number of benzene rings is 4. The Morgan fingerprint density at radius 3 is 2.46 bits per heavy atom. The van der Waals surface area contributed by atoms with Gasteiger partial charge >= 0.3 is 0 Å². The zero-order valence-electron chi connectivity index (χ0n) is 18.7. The maximum absolute atomic E-state index is 13.4. The molecule has 1 aliphatic carbocycles. The fourth-order valence-corrected chi connectivity index (χ4v) is 6.21. The molecule has 0 aromatic heterocycles. The fraction of sp³-hybridized carbons (Fsp3) is 0.111. The Labute approximate surface area is 212 Å². The molecule has 4 aromatic carbocycles. The minimum atomic E-state index is -3.97. The van der Waals surface area contributed by atoms with E-state index in [4.69, 9.17) is 0 Å². The Hall–Kier alpha value is -3.49. The molecule has 0 unspecified atom stereocenters. The molecule has 0 radical (unpaired) electrons. The van der Waals surface area contributed by atoms with E-state index in [0.29, 0.717) is 10.2 Å². The third-order valence-corrected chi connectivity index (χ3v) is 8.30. The van der Waals surface area contributed by atoms with Gasteiger partial charge in [0.15, 0.2) is 0 Å². The largest absolute Gasteiger partial charge is 0.271 e. The first-order valence-electron chi connectivity index (χ1n) is 11.1. The summed E-state index contributed by atoms with van der Waals surface area (Å²) in [6, 6.07) is 25.2. The van der Waals surface area contributed by atoms with E-state index < -0.39 is 22.5 Å². The molecule has 4 aromatic rings. The summed E-state index contributed by atoms with van der Waals surface area (Å²) >= 11 is 3.38. The fourth-order valence-electron chi connectivity index (χ4n) is 4.39. The van der Waals surface area contributed by atoms with Crippen molar-refractivity contribution in [3.8, 4) is 0 Å². The number of halogens is 1. The predicted octanol–water partition coefficient (Wildman–Crippen LogP) is 5.05. The van der Waals surface area contributed by atoms with Crippen LogP contribution in [-0.2, 0) is 27.7 Å². The summed E-state index contributed by atoms with van der Waals surface area (Å²) in [5, 5.41) is 6.49. The molecule has 8 heteroatoms. The molecule has 0 fully saturated rings. The van der Waals surface area contributed by atoms with Crippen molar-refractivity contribution in [1.82, 2.24) is 5.43 Å². The lowest BCUT2D eigenvalue weighted by Gasteiger charge is -2.23. The number of hydrogen-bond acceptors (Lipinski definition) is 4. The number of sulfonamides is 1. The standard InChI is InChI=1S/C27H22BrN3O3S/c28-22-7-5-8-23(16-22)31(35(33,34)24-9-2-1-3-10-24)18-26(32)30-29-17-21-15-14-20-13-12-19-6-4-11-25(21)27(19)20/h1-11,14-17H,12-13,18H2,(H,30,32)/b29-17+. The van der Waals surface area contributed by atoms with Gasteiger partial charge in [0.2, 0.25) is 0 Å². The van der Waals surface area contributed by atoms with Crippen LogP contribution >= 0.6 is 15.9 Å². The SMILES string of the molecule is O=C(CN(c1cccc(Br)c1)S(=O)(=O)c1ccccc1)N/N=C/c1ccc2c3c(cccc13)CC2. The maximum Gasteiger partial charge on any atom is 0.264 e. The molecule has 0 saturated carbocycles. The van der Waals surface area contributed by atoms with Crippen LogP contribution in [0, 0.1) is 0 Å². The molecule has 5 rings (SSSR count). The van der Waals surface area contributed by atoms with Crippen molar-refractivity contribution in [2.24, 2.45) is 5.10 Å². The van der Waals surface area contributed by atoms with Gasteiger partial charge in [0, 0.05) is 10.0 Å². The number of nitrogens with one attached hydrogen (secondary N) is 1. The molecule has 0 heterocycles. The van der Waals surface area contributed by atoms with Gasteiger partial charge in [-0.05, 0) is 65.1 Å². The Balaban J connectivity index is 1.39. The second kappa shape index (κ2) is 9.64. The number of hydrazone groups is 1. The van der Waals surface area contributed by atoms with Gasteiger partial charge in [0.1, 0.15) is 6.54 Å². The lowest BCUT2D eigenvalue weighted by molar-refractivity contribution is -0.119. The smallest absolute Gasteiger partial charge is 0.264 e.